The molecule has 2 aromatic rings. The molecule has 3 nitrogen and oxygen atoms in total. The van der Waals surface area contributed by atoms with Crippen molar-refractivity contribution in [2.75, 3.05) is 5.32 Å². The van der Waals surface area contributed by atoms with Crippen LogP contribution in [-0.4, -0.2) is 9.97 Å². The molecule has 0 unspecified atom stereocenters. The van der Waals surface area contributed by atoms with Crippen molar-refractivity contribution in [3.63, 3.8) is 0 Å². The van der Waals surface area contributed by atoms with Crippen molar-refractivity contribution >= 4 is 34.7 Å². The molecule has 0 saturated heterocycles. The van der Waals surface area contributed by atoms with E-state index in [2.05, 4.69) is 36.1 Å². The van der Waals surface area contributed by atoms with Crippen molar-refractivity contribution in [1.82, 2.24) is 9.97 Å². The average Bonchev–Trinajstić information content (AvgIpc) is 2.36. The number of nitrogens with zero attached hydrogens (tertiary/aromatic N) is 2. The van der Waals surface area contributed by atoms with Gasteiger partial charge in [0.15, 0.2) is 0 Å². The molecule has 0 amide bonds. The third-order valence-corrected chi connectivity index (χ3v) is 3.48. The van der Waals surface area contributed by atoms with Gasteiger partial charge in [-0.2, -0.15) is 0 Å². The molecule has 0 bridgehead atoms. The second kappa shape index (κ2) is 5.58. The van der Waals surface area contributed by atoms with Crippen LogP contribution in [0.5, 0.6) is 0 Å². The van der Waals surface area contributed by atoms with E-state index in [1.807, 2.05) is 31.2 Å². The summed E-state index contributed by atoms with van der Waals surface area (Å²) >= 11 is 12.1. The van der Waals surface area contributed by atoms with Crippen LogP contribution in [0.25, 0.3) is 0 Å². The topological polar surface area (TPSA) is 37.8 Å². The molecular weight excluding hydrogens is 293 g/mol. The van der Waals surface area contributed by atoms with E-state index < -0.39 is 0 Å². The maximum atomic E-state index is 6.20. The van der Waals surface area contributed by atoms with Gasteiger partial charge in [0, 0.05) is 21.7 Å². The maximum absolute atomic E-state index is 6.20. The van der Waals surface area contributed by atoms with Crippen LogP contribution in [0.3, 0.4) is 0 Å². The van der Waals surface area contributed by atoms with Crippen molar-refractivity contribution in [1.29, 1.82) is 0 Å². The third-order valence-electron chi connectivity index (χ3n) is 2.86. The maximum Gasteiger partial charge on any atom is 0.138 e. The van der Waals surface area contributed by atoms with Crippen LogP contribution in [0.15, 0.2) is 24.3 Å². The largest absolute Gasteiger partial charge is 0.340 e. The standard InChI is InChI=1S/C15H17Cl2N3/c1-9-12(17)19-14(15(2,3)4)20-13(9)18-11-7-5-10(16)6-8-11/h5-8H,1-4H3,(H,18,19,20). The fourth-order valence-electron chi connectivity index (χ4n) is 1.62. The van der Waals surface area contributed by atoms with Gasteiger partial charge in [-0.1, -0.05) is 44.0 Å². The van der Waals surface area contributed by atoms with Gasteiger partial charge in [-0.15, -0.1) is 0 Å². The Morgan fingerprint density at radius 3 is 2.15 bits per heavy atom. The van der Waals surface area contributed by atoms with Gasteiger partial charge >= 0.3 is 0 Å². The number of hydrogen-bond acceptors (Lipinski definition) is 3. The van der Waals surface area contributed by atoms with Crippen molar-refractivity contribution in [2.45, 2.75) is 33.1 Å². The summed E-state index contributed by atoms with van der Waals surface area (Å²) in [6.45, 7) is 8.06. The highest BCUT2D eigenvalue weighted by Gasteiger charge is 2.20. The molecule has 1 aromatic carbocycles. The summed E-state index contributed by atoms with van der Waals surface area (Å²) < 4.78 is 0. The van der Waals surface area contributed by atoms with Gasteiger partial charge in [0.2, 0.25) is 0 Å². The Morgan fingerprint density at radius 1 is 1.00 bits per heavy atom. The molecule has 0 radical (unpaired) electrons. The molecular formula is C15H17Cl2N3. The second-order valence-corrected chi connectivity index (χ2v) is 6.49. The van der Waals surface area contributed by atoms with Crippen molar-refractivity contribution in [2.24, 2.45) is 0 Å². The van der Waals surface area contributed by atoms with E-state index in [0.717, 1.165) is 17.1 Å². The molecule has 0 aliphatic heterocycles. The summed E-state index contributed by atoms with van der Waals surface area (Å²) in [5, 5.41) is 4.43. The lowest BCUT2D eigenvalue weighted by atomic mass is 9.95. The van der Waals surface area contributed by atoms with Gasteiger partial charge in [0.05, 0.1) is 0 Å². The Labute approximate surface area is 129 Å². The Kier molecular flexibility index (Phi) is 4.21. The first kappa shape index (κ1) is 15.1. The predicted molar refractivity (Wildman–Crippen MR) is 85.2 cm³/mol. The zero-order chi connectivity index (χ0) is 14.9. The molecule has 1 N–H and O–H groups in total. The Morgan fingerprint density at radius 2 is 1.60 bits per heavy atom. The molecule has 20 heavy (non-hydrogen) atoms. The fraction of sp³-hybridized carbons (Fsp3) is 0.333. The van der Waals surface area contributed by atoms with E-state index in [0.29, 0.717) is 16.0 Å². The Hall–Kier alpha value is -1.32. The van der Waals surface area contributed by atoms with E-state index in [1.165, 1.54) is 0 Å². The zero-order valence-electron chi connectivity index (χ0n) is 12.0. The molecule has 1 heterocycles. The predicted octanol–water partition coefficient (Wildman–Crippen LogP) is 5.13. The lowest BCUT2D eigenvalue weighted by Gasteiger charge is -2.19. The monoisotopic (exact) mass is 309 g/mol. The molecule has 0 aliphatic rings. The van der Waals surface area contributed by atoms with Crippen LogP contribution in [-0.2, 0) is 5.41 Å². The lowest BCUT2D eigenvalue weighted by molar-refractivity contribution is 0.545. The molecule has 5 heteroatoms. The first-order chi connectivity index (χ1) is 9.27. The van der Waals surface area contributed by atoms with E-state index in [1.54, 1.807) is 0 Å². The van der Waals surface area contributed by atoms with Gasteiger partial charge in [0.25, 0.3) is 0 Å². The van der Waals surface area contributed by atoms with E-state index in [9.17, 15) is 0 Å². The van der Waals surface area contributed by atoms with Crippen molar-refractivity contribution in [3.8, 4) is 0 Å². The first-order valence-electron chi connectivity index (χ1n) is 6.34. The number of anilines is 2. The SMILES string of the molecule is Cc1c(Cl)nc(C(C)(C)C)nc1Nc1ccc(Cl)cc1. The van der Waals surface area contributed by atoms with Gasteiger partial charge in [-0.25, -0.2) is 9.97 Å². The lowest BCUT2D eigenvalue weighted by Crippen LogP contribution is -2.17. The van der Waals surface area contributed by atoms with E-state index >= 15 is 0 Å². The third kappa shape index (κ3) is 3.41. The molecule has 2 rings (SSSR count). The van der Waals surface area contributed by atoms with Crippen LogP contribution < -0.4 is 5.32 Å². The van der Waals surface area contributed by atoms with Crippen molar-refractivity contribution in [3.05, 3.63) is 45.8 Å². The number of rotatable bonds is 2. The first-order valence-corrected chi connectivity index (χ1v) is 7.10. The summed E-state index contributed by atoms with van der Waals surface area (Å²) in [6.07, 6.45) is 0. The number of benzene rings is 1. The highest BCUT2D eigenvalue weighted by Crippen LogP contribution is 2.28. The normalized spacial score (nSPS) is 11.5. The van der Waals surface area contributed by atoms with Crippen molar-refractivity contribution < 1.29 is 0 Å². The van der Waals surface area contributed by atoms with Crippen LogP contribution in [0.4, 0.5) is 11.5 Å². The van der Waals surface area contributed by atoms with Gasteiger partial charge in [-0.05, 0) is 31.2 Å². The second-order valence-electron chi connectivity index (χ2n) is 5.69. The van der Waals surface area contributed by atoms with Crippen LogP contribution >= 0.6 is 23.2 Å². The highest BCUT2D eigenvalue weighted by molar-refractivity contribution is 6.30. The summed E-state index contributed by atoms with van der Waals surface area (Å²) in [5.41, 5.74) is 1.58. The Balaban J connectivity index is 2.40. The molecule has 0 spiro atoms. The number of aromatic nitrogens is 2. The van der Waals surface area contributed by atoms with Crippen LogP contribution in [0.1, 0.15) is 32.2 Å². The van der Waals surface area contributed by atoms with Crippen LogP contribution in [0, 0.1) is 6.92 Å². The molecule has 0 aliphatic carbocycles. The fourth-order valence-corrected chi connectivity index (χ4v) is 1.91. The summed E-state index contributed by atoms with van der Waals surface area (Å²) in [6, 6.07) is 7.45. The van der Waals surface area contributed by atoms with Gasteiger partial charge in [0.1, 0.15) is 16.8 Å². The molecule has 0 fully saturated rings. The summed E-state index contributed by atoms with van der Waals surface area (Å²) in [5.74, 6) is 1.43. The van der Waals surface area contributed by atoms with E-state index in [-0.39, 0.29) is 5.41 Å². The number of nitrogens with one attached hydrogen (secondary N) is 1. The van der Waals surface area contributed by atoms with E-state index in [4.69, 9.17) is 23.2 Å². The zero-order valence-corrected chi connectivity index (χ0v) is 13.5. The molecule has 0 atom stereocenters. The molecule has 1 aromatic heterocycles. The number of hydrogen-bond donors (Lipinski definition) is 1. The smallest absolute Gasteiger partial charge is 0.138 e. The average molecular weight is 310 g/mol. The number of halogens is 2. The molecule has 106 valence electrons. The summed E-state index contributed by atoms with van der Waals surface area (Å²) in [4.78, 5) is 8.94. The van der Waals surface area contributed by atoms with Gasteiger partial charge in [-0.3, -0.25) is 0 Å². The van der Waals surface area contributed by atoms with Gasteiger partial charge < -0.3 is 5.32 Å². The van der Waals surface area contributed by atoms with Crippen LogP contribution in [0.2, 0.25) is 10.2 Å². The minimum Gasteiger partial charge on any atom is -0.340 e. The Bertz CT molecular complexity index is 616. The summed E-state index contributed by atoms with van der Waals surface area (Å²) in [7, 11) is 0. The quantitative estimate of drug-likeness (QED) is 0.781. The minimum atomic E-state index is -0.159. The highest BCUT2D eigenvalue weighted by atomic mass is 35.5. The minimum absolute atomic E-state index is 0.159. The molecule has 0 saturated carbocycles.